The van der Waals surface area contributed by atoms with Crippen molar-refractivity contribution in [3.05, 3.63) is 0 Å². The number of rotatable bonds is 1. The summed E-state index contributed by atoms with van der Waals surface area (Å²) in [5, 5.41) is 8.54. The van der Waals surface area contributed by atoms with Gasteiger partial charge in [-0.05, 0) is 13.8 Å². The second kappa shape index (κ2) is 2.82. The number of aliphatic imine (C=N–C) groups is 2. The molecule has 60 valence electrons. The van der Waals surface area contributed by atoms with E-state index in [1.165, 1.54) is 6.21 Å². The summed E-state index contributed by atoms with van der Waals surface area (Å²) >= 11 is 0. The van der Waals surface area contributed by atoms with Crippen LogP contribution in [0.2, 0.25) is 0 Å². The molecule has 1 aliphatic heterocycles. The average Bonchev–Trinajstić information content (AvgIpc) is 1.94. The van der Waals surface area contributed by atoms with Crippen LogP contribution in [0.25, 0.3) is 0 Å². The quantitative estimate of drug-likeness (QED) is 0.593. The van der Waals surface area contributed by atoms with Gasteiger partial charge in [-0.2, -0.15) is 0 Å². The zero-order valence-electron chi connectivity index (χ0n) is 6.48. The van der Waals surface area contributed by atoms with E-state index >= 15 is 0 Å². The molecule has 1 N–H and O–H groups in total. The van der Waals surface area contributed by atoms with Crippen molar-refractivity contribution in [2.45, 2.75) is 25.9 Å². The molecule has 0 aromatic heterocycles. The first kappa shape index (κ1) is 7.91. The van der Waals surface area contributed by atoms with Gasteiger partial charge in [-0.15, -0.1) is 0 Å². The Morgan fingerprint density at radius 1 is 1.73 bits per heavy atom. The first-order valence-corrected chi connectivity index (χ1v) is 3.41. The van der Waals surface area contributed by atoms with Crippen molar-refractivity contribution >= 4 is 17.9 Å². The van der Waals surface area contributed by atoms with Gasteiger partial charge in [-0.25, -0.2) is 4.79 Å². The second-order valence-electron chi connectivity index (χ2n) is 2.53. The van der Waals surface area contributed by atoms with Gasteiger partial charge in [-0.3, -0.25) is 9.98 Å². The van der Waals surface area contributed by atoms with E-state index in [9.17, 15) is 4.79 Å². The highest BCUT2D eigenvalue weighted by molar-refractivity contribution is 6.01. The summed E-state index contributed by atoms with van der Waals surface area (Å²) in [4.78, 5) is 18.3. The summed E-state index contributed by atoms with van der Waals surface area (Å²) in [6.45, 7) is 3.67. The topological polar surface area (TPSA) is 62.0 Å². The first-order valence-electron chi connectivity index (χ1n) is 3.41. The molecule has 0 spiro atoms. The first-order chi connectivity index (χ1) is 5.11. The summed E-state index contributed by atoms with van der Waals surface area (Å²) in [6, 6.07) is -0.739. The molecule has 0 fully saturated rings. The fourth-order valence-corrected chi connectivity index (χ4v) is 0.798. The van der Waals surface area contributed by atoms with Gasteiger partial charge in [0.15, 0.2) is 6.04 Å². The minimum absolute atomic E-state index is 0.0330. The van der Waals surface area contributed by atoms with Crippen molar-refractivity contribution in [1.82, 2.24) is 0 Å². The maximum absolute atomic E-state index is 10.4. The van der Waals surface area contributed by atoms with E-state index in [2.05, 4.69) is 9.98 Å². The third-order valence-corrected chi connectivity index (χ3v) is 1.65. The molecular weight excluding hydrogens is 144 g/mol. The lowest BCUT2D eigenvalue weighted by Gasteiger charge is -2.13. The van der Waals surface area contributed by atoms with Crippen LogP contribution in [-0.4, -0.2) is 35.1 Å². The van der Waals surface area contributed by atoms with Crippen LogP contribution >= 0.6 is 0 Å². The maximum atomic E-state index is 10.4. The van der Waals surface area contributed by atoms with Crippen LogP contribution in [0.4, 0.5) is 0 Å². The number of carboxylic acids is 1. The molecule has 0 unspecified atom stereocenters. The van der Waals surface area contributed by atoms with Crippen molar-refractivity contribution in [3.8, 4) is 0 Å². The third kappa shape index (κ3) is 1.63. The molecule has 0 radical (unpaired) electrons. The van der Waals surface area contributed by atoms with E-state index in [1.807, 2.05) is 6.92 Å². The van der Waals surface area contributed by atoms with Gasteiger partial charge in [0.05, 0.1) is 6.04 Å². The van der Waals surface area contributed by atoms with E-state index in [-0.39, 0.29) is 6.04 Å². The molecule has 0 aliphatic carbocycles. The minimum Gasteiger partial charge on any atom is -0.479 e. The monoisotopic (exact) mass is 154 g/mol. The summed E-state index contributed by atoms with van der Waals surface area (Å²) in [6.07, 6.45) is 1.38. The fraction of sp³-hybridized carbons (Fsp3) is 0.571. The summed E-state index contributed by atoms with van der Waals surface area (Å²) in [7, 11) is 0. The number of hydrogen-bond donors (Lipinski definition) is 1. The Morgan fingerprint density at radius 2 is 2.36 bits per heavy atom. The van der Waals surface area contributed by atoms with Gasteiger partial charge in [0, 0.05) is 11.9 Å². The fourth-order valence-electron chi connectivity index (χ4n) is 0.798. The highest BCUT2D eigenvalue weighted by Crippen LogP contribution is 2.03. The van der Waals surface area contributed by atoms with Crippen LogP contribution in [0, 0.1) is 0 Å². The zero-order chi connectivity index (χ0) is 8.43. The lowest BCUT2D eigenvalue weighted by Crippen LogP contribution is -2.28. The Morgan fingerprint density at radius 3 is 2.82 bits per heavy atom. The average molecular weight is 154 g/mol. The van der Waals surface area contributed by atoms with E-state index in [0.717, 1.165) is 5.71 Å². The molecule has 1 heterocycles. The molecule has 0 amide bonds. The molecule has 2 atom stereocenters. The Balaban J connectivity index is 2.77. The van der Waals surface area contributed by atoms with Gasteiger partial charge in [-0.1, -0.05) is 0 Å². The van der Waals surface area contributed by atoms with Gasteiger partial charge in [0.2, 0.25) is 0 Å². The van der Waals surface area contributed by atoms with Crippen LogP contribution in [0.1, 0.15) is 13.8 Å². The molecule has 1 rings (SSSR count). The van der Waals surface area contributed by atoms with Crippen molar-refractivity contribution in [3.63, 3.8) is 0 Å². The highest BCUT2D eigenvalue weighted by Gasteiger charge is 2.18. The predicted octanol–water partition coefficient (Wildman–Crippen LogP) is 0.373. The van der Waals surface area contributed by atoms with Crippen molar-refractivity contribution < 1.29 is 9.90 Å². The van der Waals surface area contributed by atoms with Crippen LogP contribution in [0.5, 0.6) is 0 Å². The SMILES string of the molecule is CC1=N[C@@H](C(=O)O)C=N[C@@H]1C. The maximum Gasteiger partial charge on any atom is 0.334 e. The number of carbonyl (C=O) groups is 1. The van der Waals surface area contributed by atoms with E-state index in [1.54, 1.807) is 6.92 Å². The molecule has 0 aromatic carbocycles. The smallest absolute Gasteiger partial charge is 0.334 e. The summed E-state index contributed by atoms with van der Waals surface area (Å²) in [5.74, 6) is -0.944. The second-order valence-corrected chi connectivity index (χ2v) is 2.53. The van der Waals surface area contributed by atoms with Crippen LogP contribution in [-0.2, 0) is 4.79 Å². The molecule has 0 saturated heterocycles. The molecule has 4 nitrogen and oxygen atoms in total. The minimum atomic E-state index is -0.944. The van der Waals surface area contributed by atoms with Crippen LogP contribution in [0.15, 0.2) is 9.98 Å². The van der Waals surface area contributed by atoms with Crippen molar-refractivity contribution in [1.29, 1.82) is 0 Å². The van der Waals surface area contributed by atoms with Gasteiger partial charge in [0.1, 0.15) is 0 Å². The van der Waals surface area contributed by atoms with E-state index in [4.69, 9.17) is 5.11 Å². The van der Waals surface area contributed by atoms with Gasteiger partial charge < -0.3 is 5.11 Å². The van der Waals surface area contributed by atoms with Crippen LogP contribution < -0.4 is 0 Å². The Kier molecular flexibility index (Phi) is 2.03. The molecule has 11 heavy (non-hydrogen) atoms. The predicted molar refractivity (Wildman–Crippen MR) is 42.5 cm³/mol. The number of nitrogens with zero attached hydrogens (tertiary/aromatic N) is 2. The molecule has 0 bridgehead atoms. The highest BCUT2D eigenvalue weighted by atomic mass is 16.4. The van der Waals surface area contributed by atoms with Crippen molar-refractivity contribution in [2.24, 2.45) is 9.98 Å². The molecule has 0 aromatic rings. The van der Waals surface area contributed by atoms with Crippen molar-refractivity contribution in [2.75, 3.05) is 0 Å². The van der Waals surface area contributed by atoms with E-state index < -0.39 is 12.0 Å². The number of carboxylic acid groups (broad SMARTS) is 1. The number of hydrogen-bond acceptors (Lipinski definition) is 3. The van der Waals surface area contributed by atoms with Gasteiger partial charge in [0.25, 0.3) is 0 Å². The Bertz CT molecular complexity index is 233. The van der Waals surface area contributed by atoms with Gasteiger partial charge >= 0.3 is 5.97 Å². The third-order valence-electron chi connectivity index (χ3n) is 1.65. The standard InChI is InChI=1S/C7H10N2O2/c1-4-5(2)9-6(3-8-4)7(10)11/h3-4,6H,1-2H3,(H,10,11)/t4-,6-/m1/s1. The lowest BCUT2D eigenvalue weighted by molar-refractivity contribution is -0.136. The lowest BCUT2D eigenvalue weighted by atomic mass is 10.2. The Hall–Kier alpha value is -1.19. The molecule has 1 aliphatic rings. The summed E-state index contributed by atoms with van der Waals surface area (Å²) < 4.78 is 0. The molecular formula is C7H10N2O2. The largest absolute Gasteiger partial charge is 0.479 e. The zero-order valence-corrected chi connectivity index (χ0v) is 6.48. The normalized spacial score (nSPS) is 29.8. The summed E-state index contributed by atoms with van der Waals surface area (Å²) in [5.41, 5.74) is 0.778. The molecule has 4 heteroatoms. The van der Waals surface area contributed by atoms with E-state index in [0.29, 0.717) is 0 Å². The van der Waals surface area contributed by atoms with Crippen LogP contribution in [0.3, 0.4) is 0 Å². The Labute approximate surface area is 64.7 Å². The number of aliphatic carboxylic acids is 1. The molecule has 0 saturated carbocycles.